The van der Waals surface area contributed by atoms with Crippen LogP contribution in [0.4, 0.5) is 0 Å². The zero-order valence-electron chi connectivity index (χ0n) is 60.8. The molecule has 0 amide bonds. The Hall–Kier alpha value is -12.8. The minimum atomic E-state index is -3.36. The van der Waals surface area contributed by atoms with Crippen molar-refractivity contribution in [2.45, 2.75) is 26.2 Å². The Bertz CT molecular complexity index is 6450. The van der Waals surface area contributed by atoms with E-state index in [1.165, 1.54) is 80.3 Å². The van der Waals surface area contributed by atoms with E-state index in [-0.39, 0.29) is 26.5 Å². The van der Waals surface area contributed by atoms with E-state index < -0.39 is 16.5 Å². The van der Waals surface area contributed by atoms with Gasteiger partial charge in [0.05, 0.1) is 16.7 Å². The van der Waals surface area contributed by atoms with Crippen LogP contribution in [0.15, 0.2) is 382 Å². The molecule has 20 aromatic rings. The van der Waals surface area contributed by atoms with Crippen molar-refractivity contribution in [1.82, 2.24) is 22.6 Å². The maximum absolute atomic E-state index is 6.95. The van der Waals surface area contributed by atoms with Crippen molar-refractivity contribution in [2.75, 3.05) is 0 Å². The number of rotatable bonds is 15. The number of imidazole rings is 1. The molecule has 0 atom stereocenters. The Balaban J connectivity index is 0.00000819. The number of ether oxygens (including phenoxy) is 1. The summed E-state index contributed by atoms with van der Waals surface area (Å²) in [5.74, 6) is 1.93. The van der Waals surface area contributed by atoms with Gasteiger partial charge in [0, 0.05) is 87.9 Å². The van der Waals surface area contributed by atoms with Crippen molar-refractivity contribution in [3.05, 3.63) is 406 Å². The molecule has 0 aliphatic carbocycles. The first-order valence-corrected chi connectivity index (χ1v) is 41.2. The quantitative estimate of drug-likeness (QED) is 0.0444. The van der Waals surface area contributed by atoms with Gasteiger partial charge in [0.1, 0.15) is 5.82 Å². The Kier molecular flexibility index (Phi) is 16.9. The van der Waals surface area contributed by atoms with E-state index >= 15 is 0 Å². The zero-order chi connectivity index (χ0) is 72.8. The van der Waals surface area contributed by atoms with Crippen molar-refractivity contribution in [3.63, 3.8) is 0 Å². The smallest absolute Gasteiger partial charge is 0.268 e. The molecule has 0 spiro atoms. The van der Waals surface area contributed by atoms with Gasteiger partial charge in [0.25, 0.3) is 22.8 Å². The number of fused-ring (bicyclic) bond motifs is 10. The number of hydrogen-bond acceptors (Lipinski definition) is 2. The summed E-state index contributed by atoms with van der Waals surface area (Å²) < 4.78 is 19.1. The van der Waals surface area contributed by atoms with Gasteiger partial charge >= 0.3 is 0 Å². The second-order valence-electron chi connectivity index (χ2n) is 29.3. The monoisotopic (exact) mass is 1620 g/mol. The molecule has 7 nitrogen and oxygen atoms in total. The van der Waals surface area contributed by atoms with Crippen LogP contribution in [-0.2, 0) is 26.5 Å². The van der Waals surface area contributed by atoms with Gasteiger partial charge in [-0.2, -0.15) is 18.2 Å². The zero-order valence-corrected chi connectivity index (χ0v) is 65.1. The average molecular weight is 1620 g/mol. The second-order valence-corrected chi connectivity index (χ2v) is 36.5. The van der Waals surface area contributed by atoms with Crippen molar-refractivity contribution in [2.24, 2.45) is 0 Å². The van der Waals surface area contributed by atoms with E-state index in [1.54, 1.807) is 0 Å². The maximum Gasteiger partial charge on any atom is 0.268 e. The summed E-state index contributed by atoms with van der Waals surface area (Å²) in [5, 5.41) is 14.7. The van der Waals surface area contributed by atoms with Gasteiger partial charge in [-0.05, 0) is 118 Å². The number of hydrogen-bond donors (Lipinski definition) is 0. The van der Waals surface area contributed by atoms with Gasteiger partial charge in [-0.25, -0.2) is 4.98 Å². The number of benzene rings is 15. The molecular weight excluding hydrogens is 1550 g/mol. The number of nitrogens with zero attached hydrogens (tertiary/aromatic N) is 6. The largest absolute Gasteiger partial charge is 0.510 e. The van der Waals surface area contributed by atoms with Crippen molar-refractivity contribution in [1.29, 1.82) is 0 Å². The molecule has 0 saturated heterocycles. The van der Waals surface area contributed by atoms with Crippen LogP contribution in [0, 0.1) is 18.5 Å². The van der Waals surface area contributed by atoms with Gasteiger partial charge in [0.15, 0.2) is 0 Å². The van der Waals surface area contributed by atoms with Crippen LogP contribution in [0.5, 0.6) is 11.5 Å². The van der Waals surface area contributed by atoms with Crippen molar-refractivity contribution in [3.8, 4) is 50.9 Å². The summed E-state index contributed by atoms with van der Waals surface area (Å²) in [6.07, 6.45) is 5.98. The third-order valence-corrected chi connectivity index (χ3v) is 31.5. The third kappa shape index (κ3) is 10.9. The van der Waals surface area contributed by atoms with Gasteiger partial charge in [-0.1, -0.05) is 330 Å². The van der Waals surface area contributed by atoms with E-state index in [0.29, 0.717) is 11.5 Å². The molecule has 5 aromatic heterocycles. The van der Waals surface area contributed by atoms with E-state index in [9.17, 15) is 0 Å². The predicted molar refractivity (Wildman–Crippen MR) is 454 cm³/mol. The van der Waals surface area contributed by atoms with E-state index in [1.807, 2.05) is 24.4 Å². The van der Waals surface area contributed by atoms with Gasteiger partial charge in [-0.15, -0.1) is 29.7 Å². The molecule has 0 aliphatic heterocycles. The van der Waals surface area contributed by atoms with Crippen LogP contribution < -0.4 is 40.4 Å². The third-order valence-electron chi connectivity index (χ3n) is 22.2. The molecule has 15 aromatic carbocycles. The molecular formula is C100H72N6OPtSi2-2. The molecule has 0 aliphatic rings. The molecule has 20 rings (SSSR count). The van der Waals surface area contributed by atoms with Crippen LogP contribution in [0.1, 0.15) is 26.3 Å². The summed E-state index contributed by atoms with van der Waals surface area (Å²) in [5.41, 5.74) is 15.7. The summed E-state index contributed by atoms with van der Waals surface area (Å²) in [4.78, 5) is 4.96. The second kappa shape index (κ2) is 27.5. The Morgan fingerprint density at radius 1 is 0.345 bits per heavy atom. The number of para-hydroxylation sites is 8. The topological polar surface area (TPSA) is 45.7 Å². The average Bonchev–Trinajstić information content (AvgIpc) is 1.46. The van der Waals surface area contributed by atoms with Crippen LogP contribution in [0.3, 0.4) is 0 Å². The standard InChI is InChI=1S/C100H72N6OSi2.Pt/c1-100(2,3)72-62-63-101-98(66-72)104-90-53-21-16-46-84(90)89-61-60-75(68-97(89)104)107-74-35-30-34-73(67-74)102-69-103(96-59-27-26-58-95(96)102)99-82(70-32-28-44-80(64-70)108(76-36-8-4-9-37-76,77-38-10-5-11-39-77)105-91-54-22-17-47-85(91)86-48-18-23-55-92(86)105)51-31-52-83(99)71-33-29-45-81(65-71)109(78-40-12-6-13-41-78,79-42-14-7-15-43-79)106-93-56-24-19-49-87(93)88-50-20-25-57-94(88)106;/h4-66H,1-3H3;/q-2;. The first-order valence-electron chi connectivity index (χ1n) is 37.3. The van der Waals surface area contributed by atoms with Gasteiger partial charge in [-0.3, -0.25) is 4.57 Å². The fourth-order valence-electron chi connectivity index (χ4n) is 17.5. The van der Waals surface area contributed by atoms with Crippen LogP contribution in [-0.4, -0.2) is 39.1 Å². The first-order chi connectivity index (χ1) is 53.7. The number of aromatic nitrogens is 6. The SMILES string of the molecule is CC(C)(C)c1ccnc(-n2c3[c-]c(Oc4[c-]c(-n5[c-][n+](-c6c(-c7cccc([Si](c8ccccc8)(c8ccccc8)n8c9ccccc9c9ccccc98)c7)cccc6-c6cccc([Si](c7ccccc7)(c7ccccc7)n7c8ccccc8c8ccccc87)c6)c6ccccc65)ccc4)ccc3c3ccccc32)c1.[Pt]. The molecule has 0 N–H and O–H groups in total. The number of pyridine rings is 1. The molecule has 0 fully saturated rings. The molecule has 0 unspecified atom stereocenters. The molecule has 0 saturated carbocycles. The molecule has 10 heteroatoms. The fraction of sp³-hybridized carbons (Fsp3) is 0.0400. The van der Waals surface area contributed by atoms with Crippen LogP contribution in [0.25, 0.3) is 116 Å². The Morgan fingerprint density at radius 3 is 1.23 bits per heavy atom. The molecule has 0 radical (unpaired) electrons. The summed E-state index contributed by atoms with van der Waals surface area (Å²) in [7, 11) is -6.72. The van der Waals surface area contributed by atoms with Gasteiger partial charge in [0.2, 0.25) is 0 Å². The minimum absolute atomic E-state index is 0. The molecule has 0 bridgehead atoms. The predicted octanol–water partition coefficient (Wildman–Crippen LogP) is 19.5. The van der Waals surface area contributed by atoms with Crippen molar-refractivity contribution < 1.29 is 30.4 Å². The summed E-state index contributed by atoms with van der Waals surface area (Å²) in [6, 6.07) is 146. The minimum Gasteiger partial charge on any atom is -0.510 e. The van der Waals surface area contributed by atoms with Crippen molar-refractivity contribution >= 4 is 124 Å². The van der Waals surface area contributed by atoms with Crippen LogP contribution >= 0.6 is 0 Å². The Morgan fingerprint density at radius 2 is 0.745 bits per heavy atom. The van der Waals surface area contributed by atoms with Gasteiger partial charge < -0.3 is 22.3 Å². The summed E-state index contributed by atoms with van der Waals surface area (Å²) in [6.45, 7) is 6.71. The Labute approximate surface area is 655 Å². The van der Waals surface area contributed by atoms with E-state index in [0.717, 1.165) is 72.3 Å². The molecule has 110 heavy (non-hydrogen) atoms. The van der Waals surface area contributed by atoms with E-state index in [2.05, 4.69) is 419 Å². The maximum atomic E-state index is 6.95. The van der Waals surface area contributed by atoms with Crippen LogP contribution in [0.2, 0.25) is 0 Å². The summed E-state index contributed by atoms with van der Waals surface area (Å²) >= 11 is 0. The molecule has 528 valence electrons. The van der Waals surface area contributed by atoms with E-state index in [4.69, 9.17) is 9.72 Å². The fourth-order valence-corrected chi connectivity index (χ4v) is 27.3. The molecule has 5 heterocycles. The normalized spacial score (nSPS) is 12.1. The first kappa shape index (κ1) is 67.8.